The monoisotopic (exact) mass is 353 g/mol. The molecular weight excluding hydrogens is 314 g/mol. The fourth-order valence-electron chi connectivity index (χ4n) is 3.98. The van der Waals surface area contributed by atoms with Crippen LogP contribution in [0, 0.1) is 0 Å². The topological polar surface area (TPSA) is 43.3 Å². The van der Waals surface area contributed by atoms with Gasteiger partial charge in [-0.1, -0.05) is 13.8 Å². The Labute approximate surface area is 154 Å². The molecule has 0 aromatic heterocycles. The number of hydrogen-bond acceptors (Lipinski definition) is 4. The van der Waals surface area contributed by atoms with Crippen LogP contribution < -0.4 is 5.32 Å². The maximum Gasteiger partial charge on any atom is 0.193 e. The lowest BCUT2D eigenvalue weighted by Gasteiger charge is -2.32. The molecule has 0 spiro atoms. The zero-order chi connectivity index (χ0) is 17.9. The Kier molecular flexibility index (Phi) is 9.58. The van der Waals surface area contributed by atoms with Gasteiger partial charge in [-0.25, -0.2) is 0 Å². The largest absolute Gasteiger partial charge is 0.379 e. The summed E-state index contributed by atoms with van der Waals surface area (Å²) in [6.45, 7) is 15.3. The lowest BCUT2D eigenvalue weighted by Crippen LogP contribution is -2.47. The standard InChI is InChI=1S/C19H39N5O/c1-4-9-22(10-5-2)11-6-8-21-19(20-3)24-12-7-18(17-24)23-13-15-25-16-14-23/h18H,4-17H2,1-3H3,(H,20,21). The van der Waals surface area contributed by atoms with Crippen molar-refractivity contribution in [2.24, 2.45) is 4.99 Å². The van der Waals surface area contributed by atoms with Crippen LogP contribution in [-0.4, -0.2) is 99.3 Å². The van der Waals surface area contributed by atoms with Crippen LogP contribution in [0.4, 0.5) is 0 Å². The first-order valence-electron chi connectivity index (χ1n) is 10.3. The summed E-state index contributed by atoms with van der Waals surface area (Å²) in [4.78, 5) is 12.1. The molecule has 0 amide bonds. The van der Waals surface area contributed by atoms with Gasteiger partial charge in [0.15, 0.2) is 5.96 Å². The molecule has 2 aliphatic rings. The highest BCUT2D eigenvalue weighted by Crippen LogP contribution is 2.17. The van der Waals surface area contributed by atoms with Crippen LogP contribution in [0.3, 0.4) is 0 Å². The first kappa shape index (κ1) is 20.5. The molecule has 1 N–H and O–H groups in total. The molecule has 0 aromatic rings. The Balaban J connectivity index is 1.68. The highest BCUT2D eigenvalue weighted by Gasteiger charge is 2.30. The van der Waals surface area contributed by atoms with Gasteiger partial charge in [0.05, 0.1) is 13.2 Å². The molecule has 2 saturated heterocycles. The summed E-state index contributed by atoms with van der Waals surface area (Å²) < 4.78 is 5.48. The van der Waals surface area contributed by atoms with Crippen LogP contribution in [0.2, 0.25) is 0 Å². The van der Waals surface area contributed by atoms with E-state index in [0.29, 0.717) is 6.04 Å². The maximum absolute atomic E-state index is 5.48. The van der Waals surface area contributed by atoms with Crippen molar-refractivity contribution in [3.8, 4) is 0 Å². The summed E-state index contributed by atoms with van der Waals surface area (Å²) in [5.41, 5.74) is 0. The second-order valence-corrected chi connectivity index (χ2v) is 7.21. The van der Waals surface area contributed by atoms with Crippen molar-refractivity contribution in [2.75, 3.05) is 72.6 Å². The predicted molar refractivity (Wildman–Crippen MR) is 105 cm³/mol. The number of aliphatic imine (C=N–C) groups is 1. The van der Waals surface area contributed by atoms with Crippen LogP contribution in [0.5, 0.6) is 0 Å². The Morgan fingerprint density at radius 3 is 2.48 bits per heavy atom. The highest BCUT2D eigenvalue weighted by atomic mass is 16.5. The summed E-state index contributed by atoms with van der Waals surface area (Å²) in [5, 5.41) is 3.58. The van der Waals surface area contributed by atoms with E-state index in [2.05, 4.69) is 38.9 Å². The fraction of sp³-hybridized carbons (Fsp3) is 0.947. The normalized spacial score (nSPS) is 22.8. The summed E-state index contributed by atoms with van der Waals surface area (Å²) in [6, 6.07) is 0.659. The third-order valence-electron chi connectivity index (χ3n) is 5.25. The lowest BCUT2D eigenvalue weighted by molar-refractivity contribution is 0.0195. The second kappa shape index (κ2) is 11.7. The van der Waals surface area contributed by atoms with Gasteiger partial charge >= 0.3 is 0 Å². The number of nitrogens with one attached hydrogen (secondary N) is 1. The third kappa shape index (κ3) is 6.76. The van der Waals surface area contributed by atoms with Crippen LogP contribution >= 0.6 is 0 Å². The number of guanidine groups is 1. The Morgan fingerprint density at radius 1 is 1.12 bits per heavy atom. The summed E-state index contributed by atoms with van der Waals surface area (Å²) in [6.07, 6.45) is 4.90. The summed E-state index contributed by atoms with van der Waals surface area (Å²) >= 11 is 0. The van der Waals surface area contributed by atoms with Gasteiger partial charge in [0.25, 0.3) is 0 Å². The molecule has 0 radical (unpaired) electrons. The van der Waals surface area contributed by atoms with E-state index >= 15 is 0 Å². The van der Waals surface area contributed by atoms with Gasteiger partial charge in [0.1, 0.15) is 0 Å². The van der Waals surface area contributed by atoms with E-state index in [4.69, 9.17) is 4.74 Å². The fourth-order valence-corrected chi connectivity index (χ4v) is 3.98. The molecule has 0 aliphatic carbocycles. The number of nitrogens with zero attached hydrogens (tertiary/aromatic N) is 4. The number of hydrogen-bond donors (Lipinski definition) is 1. The van der Waals surface area contributed by atoms with Gasteiger partial charge in [-0.15, -0.1) is 0 Å². The summed E-state index contributed by atoms with van der Waals surface area (Å²) in [7, 11) is 1.91. The third-order valence-corrected chi connectivity index (χ3v) is 5.25. The van der Waals surface area contributed by atoms with Gasteiger partial charge in [0.2, 0.25) is 0 Å². The molecular formula is C19H39N5O. The summed E-state index contributed by atoms with van der Waals surface area (Å²) in [5.74, 6) is 1.08. The highest BCUT2D eigenvalue weighted by molar-refractivity contribution is 5.80. The lowest BCUT2D eigenvalue weighted by atomic mass is 10.2. The van der Waals surface area contributed by atoms with Crippen LogP contribution in [-0.2, 0) is 4.74 Å². The van der Waals surface area contributed by atoms with Crippen LogP contribution in [0.15, 0.2) is 4.99 Å². The smallest absolute Gasteiger partial charge is 0.193 e. The van der Waals surface area contributed by atoms with E-state index in [-0.39, 0.29) is 0 Å². The van der Waals surface area contributed by atoms with E-state index in [9.17, 15) is 0 Å². The van der Waals surface area contributed by atoms with Crippen LogP contribution in [0.25, 0.3) is 0 Å². The molecule has 1 atom stereocenters. The number of rotatable bonds is 9. The van der Waals surface area contributed by atoms with Crippen molar-refractivity contribution in [3.63, 3.8) is 0 Å². The van der Waals surface area contributed by atoms with Gasteiger partial charge < -0.3 is 19.9 Å². The van der Waals surface area contributed by atoms with Crippen molar-refractivity contribution in [1.82, 2.24) is 20.0 Å². The molecule has 0 bridgehead atoms. The molecule has 1 unspecified atom stereocenters. The van der Waals surface area contributed by atoms with Crippen molar-refractivity contribution < 1.29 is 4.74 Å². The first-order chi connectivity index (χ1) is 12.3. The van der Waals surface area contributed by atoms with Gasteiger partial charge in [-0.2, -0.15) is 0 Å². The van der Waals surface area contributed by atoms with E-state index in [0.717, 1.165) is 51.9 Å². The quantitative estimate of drug-likeness (QED) is 0.386. The average Bonchev–Trinajstić information content (AvgIpc) is 3.13. The maximum atomic E-state index is 5.48. The average molecular weight is 354 g/mol. The zero-order valence-electron chi connectivity index (χ0n) is 16.7. The molecule has 2 heterocycles. The minimum Gasteiger partial charge on any atom is -0.379 e. The zero-order valence-corrected chi connectivity index (χ0v) is 16.7. The molecule has 2 aliphatic heterocycles. The molecule has 146 valence electrons. The second-order valence-electron chi connectivity index (χ2n) is 7.21. The van der Waals surface area contributed by atoms with E-state index < -0.39 is 0 Å². The predicted octanol–water partition coefficient (Wildman–Crippen LogP) is 1.48. The Hall–Kier alpha value is -0.850. The molecule has 0 saturated carbocycles. The van der Waals surface area contributed by atoms with E-state index in [1.54, 1.807) is 0 Å². The molecule has 25 heavy (non-hydrogen) atoms. The number of ether oxygens (including phenoxy) is 1. The van der Waals surface area contributed by atoms with Gasteiger partial charge in [-0.05, 0) is 45.3 Å². The van der Waals surface area contributed by atoms with Gasteiger partial charge in [0, 0.05) is 45.8 Å². The number of likely N-dealkylation sites (tertiary alicyclic amines) is 1. The van der Waals surface area contributed by atoms with Crippen LogP contribution in [0.1, 0.15) is 39.5 Å². The minimum atomic E-state index is 0.659. The van der Waals surface area contributed by atoms with Gasteiger partial charge in [-0.3, -0.25) is 9.89 Å². The molecule has 6 heteroatoms. The van der Waals surface area contributed by atoms with Crippen molar-refractivity contribution >= 4 is 5.96 Å². The number of morpholine rings is 1. The Bertz CT molecular complexity index is 378. The Morgan fingerprint density at radius 2 is 1.84 bits per heavy atom. The van der Waals surface area contributed by atoms with Crippen molar-refractivity contribution in [1.29, 1.82) is 0 Å². The van der Waals surface area contributed by atoms with Crippen molar-refractivity contribution in [2.45, 2.75) is 45.6 Å². The first-order valence-corrected chi connectivity index (χ1v) is 10.3. The molecule has 2 rings (SSSR count). The SMILES string of the molecule is CCCN(CCC)CCCNC(=NC)N1CCC(N2CCOCC2)C1. The van der Waals surface area contributed by atoms with Crippen molar-refractivity contribution in [3.05, 3.63) is 0 Å². The molecule has 0 aromatic carbocycles. The minimum absolute atomic E-state index is 0.659. The van der Waals surface area contributed by atoms with E-state index in [1.165, 1.54) is 45.3 Å². The molecule has 6 nitrogen and oxygen atoms in total. The molecule has 2 fully saturated rings. The van der Waals surface area contributed by atoms with E-state index in [1.807, 2.05) is 7.05 Å².